The van der Waals surface area contributed by atoms with Crippen LogP contribution < -0.4 is 4.72 Å². The molecule has 0 amide bonds. The summed E-state index contributed by atoms with van der Waals surface area (Å²) in [6.07, 6.45) is 3.63. The molecule has 1 atom stereocenters. The van der Waals surface area contributed by atoms with Gasteiger partial charge in [0.25, 0.3) is 10.2 Å². The summed E-state index contributed by atoms with van der Waals surface area (Å²) in [6.45, 7) is 1.23. The van der Waals surface area contributed by atoms with Gasteiger partial charge in [-0.15, -0.1) is 10.2 Å². The van der Waals surface area contributed by atoms with E-state index < -0.39 is 10.2 Å². The van der Waals surface area contributed by atoms with Crippen LogP contribution in [0.1, 0.15) is 30.1 Å². The van der Waals surface area contributed by atoms with Gasteiger partial charge in [-0.05, 0) is 30.5 Å². The lowest BCUT2D eigenvalue weighted by atomic mass is 9.99. The predicted molar refractivity (Wildman–Crippen MR) is 98.7 cm³/mol. The first-order chi connectivity index (χ1) is 12.6. The van der Waals surface area contributed by atoms with Crippen molar-refractivity contribution in [2.45, 2.75) is 25.3 Å². The number of piperidine rings is 1. The number of hydrogen-bond donors (Lipinski definition) is 1. The van der Waals surface area contributed by atoms with Crippen LogP contribution in [-0.2, 0) is 16.8 Å². The van der Waals surface area contributed by atoms with E-state index in [1.807, 2.05) is 59.1 Å². The maximum absolute atomic E-state index is 12.7. The second-order valence-corrected chi connectivity index (χ2v) is 8.25. The zero-order valence-electron chi connectivity index (χ0n) is 14.3. The van der Waals surface area contributed by atoms with E-state index in [-0.39, 0.29) is 12.5 Å². The summed E-state index contributed by atoms with van der Waals surface area (Å²) < 4.78 is 31.6. The topological polar surface area (TPSA) is 79.6 Å². The molecular weight excluding hydrogens is 350 g/mol. The average molecular weight is 371 g/mol. The fraction of sp³-hybridized carbons (Fsp3) is 0.333. The van der Waals surface area contributed by atoms with Gasteiger partial charge in [0.05, 0.1) is 0 Å². The van der Waals surface area contributed by atoms with Crippen molar-refractivity contribution in [3.8, 4) is 0 Å². The van der Waals surface area contributed by atoms with E-state index in [0.717, 1.165) is 29.9 Å². The highest BCUT2D eigenvalue weighted by atomic mass is 32.2. The molecule has 0 saturated carbocycles. The number of pyridine rings is 1. The van der Waals surface area contributed by atoms with Crippen molar-refractivity contribution >= 4 is 15.9 Å². The van der Waals surface area contributed by atoms with Gasteiger partial charge in [0, 0.05) is 31.7 Å². The monoisotopic (exact) mass is 371 g/mol. The minimum atomic E-state index is -3.53. The molecular formula is C18H21N5O2S. The van der Waals surface area contributed by atoms with Crippen molar-refractivity contribution < 1.29 is 8.42 Å². The molecule has 0 spiro atoms. The molecule has 1 aliphatic heterocycles. The Bertz CT molecular complexity index is 987. The molecule has 3 aromatic rings. The van der Waals surface area contributed by atoms with E-state index in [4.69, 9.17) is 0 Å². The van der Waals surface area contributed by atoms with E-state index in [1.54, 1.807) is 0 Å². The average Bonchev–Trinajstić information content (AvgIpc) is 3.12. The zero-order valence-corrected chi connectivity index (χ0v) is 15.1. The Morgan fingerprint density at radius 1 is 1.08 bits per heavy atom. The number of benzene rings is 1. The first kappa shape index (κ1) is 17.1. The number of nitrogens with zero attached hydrogens (tertiary/aromatic N) is 4. The Morgan fingerprint density at radius 2 is 1.88 bits per heavy atom. The number of nitrogens with one attached hydrogen (secondary N) is 1. The Morgan fingerprint density at radius 3 is 2.73 bits per heavy atom. The molecule has 26 heavy (non-hydrogen) atoms. The van der Waals surface area contributed by atoms with Crippen LogP contribution in [0.2, 0.25) is 0 Å². The van der Waals surface area contributed by atoms with E-state index in [0.29, 0.717) is 13.1 Å². The van der Waals surface area contributed by atoms with E-state index in [9.17, 15) is 8.42 Å². The summed E-state index contributed by atoms with van der Waals surface area (Å²) in [6, 6.07) is 15.3. The van der Waals surface area contributed by atoms with Crippen LogP contribution in [0.25, 0.3) is 5.65 Å². The standard InChI is InChI=1S/C18H21N5O2S/c24-26(25,19-13-15-7-2-1-3-8-15)22-11-6-9-16(14-22)18-21-20-17-10-4-5-12-23(17)18/h1-5,7-8,10,12,16,19H,6,9,11,13-14H2/t16-/m0/s1. The van der Waals surface area contributed by atoms with Gasteiger partial charge in [-0.2, -0.15) is 17.4 Å². The summed E-state index contributed by atoms with van der Waals surface area (Å²) in [7, 11) is -3.53. The zero-order chi connectivity index (χ0) is 18.0. The maximum Gasteiger partial charge on any atom is 0.279 e. The van der Waals surface area contributed by atoms with Gasteiger partial charge in [0.15, 0.2) is 5.65 Å². The Hall–Kier alpha value is -2.29. The van der Waals surface area contributed by atoms with E-state index in [2.05, 4.69) is 14.9 Å². The van der Waals surface area contributed by atoms with Crippen molar-refractivity contribution in [3.05, 3.63) is 66.1 Å². The predicted octanol–water partition coefficient (Wildman–Crippen LogP) is 1.94. The van der Waals surface area contributed by atoms with Crippen molar-refractivity contribution in [3.63, 3.8) is 0 Å². The summed E-state index contributed by atoms with van der Waals surface area (Å²) in [5.74, 6) is 0.859. The molecule has 1 aromatic carbocycles. The van der Waals surface area contributed by atoms with Gasteiger partial charge in [-0.25, -0.2) is 0 Å². The summed E-state index contributed by atoms with van der Waals surface area (Å²) in [4.78, 5) is 0. The summed E-state index contributed by atoms with van der Waals surface area (Å²) >= 11 is 0. The fourth-order valence-corrected chi connectivity index (χ4v) is 4.65. The molecule has 3 heterocycles. The molecule has 1 N–H and O–H groups in total. The first-order valence-electron chi connectivity index (χ1n) is 8.72. The summed E-state index contributed by atoms with van der Waals surface area (Å²) in [5.41, 5.74) is 1.72. The van der Waals surface area contributed by atoms with Crippen LogP contribution in [0.3, 0.4) is 0 Å². The largest absolute Gasteiger partial charge is 0.286 e. The maximum atomic E-state index is 12.7. The van der Waals surface area contributed by atoms with Crippen molar-refractivity contribution in [1.29, 1.82) is 0 Å². The number of aromatic nitrogens is 3. The molecule has 7 nitrogen and oxygen atoms in total. The Kier molecular flexibility index (Phi) is 4.71. The first-order valence-corrected chi connectivity index (χ1v) is 10.2. The van der Waals surface area contributed by atoms with Crippen molar-refractivity contribution in [2.75, 3.05) is 13.1 Å². The molecule has 136 valence electrons. The highest BCUT2D eigenvalue weighted by Crippen LogP contribution is 2.27. The van der Waals surface area contributed by atoms with Crippen LogP contribution in [0.4, 0.5) is 0 Å². The highest BCUT2D eigenvalue weighted by Gasteiger charge is 2.31. The summed E-state index contributed by atoms with van der Waals surface area (Å²) in [5, 5.41) is 8.49. The van der Waals surface area contributed by atoms with Crippen LogP contribution >= 0.6 is 0 Å². The Labute approximate surface area is 152 Å². The van der Waals surface area contributed by atoms with Crippen molar-refractivity contribution in [1.82, 2.24) is 23.6 Å². The molecule has 0 unspecified atom stereocenters. The molecule has 1 fully saturated rings. The number of hydrogen-bond acceptors (Lipinski definition) is 4. The van der Waals surface area contributed by atoms with Crippen LogP contribution in [-0.4, -0.2) is 40.4 Å². The highest BCUT2D eigenvalue weighted by molar-refractivity contribution is 7.87. The quantitative estimate of drug-likeness (QED) is 0.743. The molecule has 4 rings (SSSR count). The SMILES string of the molecule is O=S(=O)(NCc1ccccc1)N1CCC[C@H](c2nnc3ccccn23)C1. The second-order valence-electron chi connectivity index (χ2n) is 6.50. The molecule has 1 saturated heterocycles. The molecule has 0 radical (unpaired) electrons. The third-order valence-corrected chi connectivity index (χ3v) is 6.25. The van der Waals surface area contributed by atoms with Gasteiger partial charge in [0.1, 0.15) is 5.82 Å². The number of rotatable bonds is 5. The lowest BCUT2D eigenvalue weighted by molar-refractivity contribution is 0.304. The molecule has 0 bridgehead atoms. The molecule has 8 heteroatoms. The van der Waals surface area contributed by atoms with E-state index in [1.165, 1.54) is 4.31 Å². The third-order valence-electron chi connectivity index (χ3n) is 4.73. The number of fused-ring (bicyclic) bond motifs is 1. The second kappa shape index (κ2) is 7.14. The van der Waals surface area contributed by atoms with E-state index >= 15 is 0 Å². The normalized spacial score (nSPS) is 19.0. The Balaban J connectivity index is 1.49. The van der Waals surface area contributed by atoms with Crippen LogP contribution in [0.5, 0.6) is 0 Å². The van der Waals surface area contributed by atoms with Crippen LogP contribution in [0, 0.1) is 0 Å². The van der Waals surface area contributed by atoms with Crippen LogP contribution in [0.15, 0.2) is 54.7 Å². The van der Waals surface area contributed by atoms with Gasteiger partial charge in [-0.1, -0.05) is 36.4 Å². The van der Waals surface area contributed by atoms with Gasteiger partial charge in [0.2, 0.25) is 0 Å². The fourth-order valence-electron chi connectivity index (χ4n) is 3.37. The molecule has 1 aliphatic rings. The van der Waals surface area contributed by atoms with Gasteiger partial charge < -0.3 is 0 Å². The molecule has 2 aromatic heterocycles. The lowest BCUT2D eigenvalue weighted by Crippen LogP contribution is -2.45. The third kappa shape index (κ3) is 3.48. The minimum Gasteiger partial charge on any atom is -0.286 e. The van der Waals surface area contributed by atoms with Crippen molar-refractivity contribution in [2.24, 2.45) is 0 Å². The van der Waals surface area contributed by atoms with Gasteiger partial charge >= 0.3 is 0 Å². The lowest BCUT2D eigenvalue weighted by Gasteiger charge is -2.31. The van der Waals surface area contributed by atoms with Gasteiger partial charge in [-0.3, -0.25) is 4.40 Å². The minimum absolute atomic E-state index is 0.0365. The molecule has 0 aliphatic carbocycles. The smallest absolute Gasteiger partial charge is 0.279 e.